The van der Waals surface area contributed by atoms with Crippen molar-refractivity contribution in [3.05, 3.63) is 71.8 Å². The molecule has 1 saturated heterocycles. The van der Waals surface area contributed by atoms with E-state index < -0.39 is 0 Å². The van der Waals surface area contributed by atoms with E-state index in [2.05, 4.69) is 66.0 Å². The molecule has 1 aliphatic heterocycles. The maximum atomic E-state index is 5.68. The number of rotatable bonds is 8. The van der Waals surface area contributed by atoms with Gasteiger partial charge in [-0.05, 0) is 41.1 Å². The second kappa shape index (κ2) is 9.94. The van der Waals surface area contributed by atoms with Crippen LogP contribution in [0.5, 0.6) is 11.5 Å². The van der Waals surface area contributed by atoms with Gasteiger partial charge in [-0.3, -0.25) is 0 Å². The number of nitrogens with two attached hydrogens (primary N) is 1. The summed E-state index contributed by atoms with van der Waals surface area (Å²) in [7, 11) is 3.47. The molecule has 4 rings (SSSR count). The van der Waals surface area contributed by atoms with E-state index in [9.17, 15) is 0 Å². The van der Waals surface area contributed by atoms with E-state index in [4.69, 9.17) is 14.2 Å². The van der Waals surface area contributed by atoms with Crippen LogP contribution >= 0.6 is 0 Å². The lowest BCUT2D eigenvalue weighted by molar-refractivity contribution is -0.952. The van der Waals surface area contributed by atoms with Crippen LogP contribution in [0.2, 0.25) is 0 Å². The Hall–Kier alpha value is -2.60. The van der Waals surface area contributed by atoms with Gasteiger partial charge in [-0.15, -0.1) is 0 Å². The molecule has 0 aliphatic carbocycles. The minimum atomic E-state index is 0.417. The molecule has 0 amide bonds. The lowest BCUT2D eigenvalue weighted by Gasteiger charge is -2.31. The molecule has 0 saturated carbocycles. The molecule has 0 aromatic heterocycles. The molecule has 0 unspecified atom stereocenters. The Bertz CT molecular complexity index is 952. The first-order chi connectivity index (χ1) is 14.8. The SMILES string of the molecule is COc1ccc([C@H](C[NH2+]Cc2c(OC)ccc3ccccc23)[NH+]2CCOCC2)cc1. The second-order valence-corrected chi connectivity index (χ2v) is 7.79. The minimum Gasteiger partial charge on any atom is -0.497 e. The minimum absolute atomic E-state index is 0.417. The van der Waals surface area contributed by atoms with Crippen LogP contribution in [-0.4, -0.2) is 47.1 Å². The highest BCUT2D eigenvalue weighted by molar-refractivity contribution is 5.87. The van der Waals surface area contributed by atoms with Crippen molar-refractivity contribution in [3.63, 3.8) is 0 Å². The highest BCUT2D eigenvalue weighted by Gasteiger charge is 2.28. The Balaban J connectivity index is 1.53. The van der Waals surface area contributed by atoms with Crippen LogP contribution in [0.1, 0.15) is 17.2 Å². The van der Waals surface area contributed by atoms with Gasteiger partial charge in [0.1, 0.15) is 37.7 Å². The number of ether oxygens (including phenoxy) is 3. The number of nitrogens with one attached hydrogen (secondary N) is 1. The molecule has 3 aromatic rings. The fraction of sp³-hybridized carbons (Fsp3) is 0.360. The van der Waals surface area contributed by atoms with Gasteiger partial charge in [0.2, 0.25) is 0 Å². The smallest absolute Gasteiger partial charge is 0.163 e. The number of quaternary nitrogens is 2. The molecule has 0 bridgehead atoms. The highest BCUT2D eigenvalue weighted by Crippen LogP contribution is 2.27. The van der Waals surface area contributed by atoms with Crippen molar-refractivity contribution in [1.29, 1.82) is 0 Å². The third-order valence-electron chi connectivity index (χ3n) is 6.11. The second-order valence-electron chi connectivity index (χ2n) is 7.79. The Morgan fingerprint density at radius 3 is 2.43 bits per heavy atom. The lowest BCUT2D eigenvalue weighted by atomic mass is 10.0. The van der Waals surface area contributed by atoms with E-state index in [1.54, 1.807) is 19.1 Å². The molecule has 0 radical (unpaired) electrons. The summed E-state index contributed by atoms with van der Waals surface area (Å²) in [6.07, 6.45) is 0. The standard InChI is InChI=1S/C25H30N2O3/c1-28-21-10-7-20(8-11-21)24(27-13-15-30-16-14-27)18-26-17-23-22-6-4-3-5-19(22)9-12-25(23)29-2/h3-12,24,26H,13-18H2,1-2H3/p+2/t24-/m0/s1. The molecule has 30 heavy (non-hydrogen) atoms. The average Bonchev–Trinajstić information content (AvgIpc) is 2.82. The summed E-state index contributed by atoms with van der Waals surface area (Å²) >= 11 is 0. The van der Waals surface area contributed by atoms with Crippen LogP contribution in [0.25, 0.3) is 10.8 Å². The van der Waals surface area contributed by atoms with Gasteiger partial charge in [0.25, 0.3) is 0 Å². The van der Waals surface area contributed by atoms with Crippen molar-refractivity contribution in [2.75, 3.05) is 47.1 Å². The number of fused-ring (bicyclic) bond motifs is 1. The summed E-state index contributed by atoms with van der Waals surface area (Å²) in [5.74, 6) is 1.86. The number of morpholine rings is 1. The van der Waals surface area contributed by atoms with Crippen molar-refractivity contribution in [2.24, 2.45) is 0 Å². The summed E-state index contributed by atoms with van der Waals surface area (Å²) in [5.41, 5.74) is 2.62. The van der Waals surface area contributed by atoms with Crippen molar-refractivity contribution in [3.8, 4) is 11.5 Å². The average molecular weight is 409 g/mol. The molecule has 5 heteroatoms. The first-order valence-electron chi connectivity index (χ1n) is 10.7. The summed E-state index contributed by atoms with van der Waals surface area (Å²) in [5, 5.41) is 4.95. The van der Waals surface area contributed by atoms with Crippen LogP contribution in [0.3, 0.4) is 0 Å². The number of methoxy groups -OCH3 is 2. The summed E-state index contributed by atoms with van der Waals surface area (Å²) in [6, 6.07) is 21.7. The van der Waals surface area contributed by atoms with E-state index in [0.29, 0.717) is 6.04 Å². The summed E-state index contributed by atoms with van der Waals surface area (Å²) < 4.78 is 16.6. The van der Waals surface area contributed by atoms with E-state index in [-0.39, 0.29) is 0 Å². The Labute approximate surface area is 178 Å². The largest absolute Gasteiger partial charge is 0.497 e. The van der Waals surface area contributed by atoms with Gasteiger partial charge < -0.3 is 24.4 Å². The summed E-state index contributed by atoms with van der Waals surface area (Å²) in [6.45, 7) is 5.65. The van der Waals surface area contributed by atoms with Gasteiger partial charge in [-0.1, -0.05) is 30.3 Å². The molecule has 3 N–H and O–H groups in total. The van der Waals surface area contributed by atoms with E-state index in [0.717, 1.165) is 50.9 Å². The van der Waals surface area contributed by atoms with Gasteiger partial charge in [0.15, 0.2) is 6.04 Å². The third kappa shape index (κ3) is 4.59. The lowest BCUT2D eigenvalue weighted by Crippen LogP contribution is -3.16. The molecule has 0 spiro atoms. The van der Waals surface area contributed by atoms with E-state index >= 15 is 0 Å². The predicted molar refractivity (Wildman–Crippen MR) is 118 cm³/mol. The first-order valence-corrected chi connectivity index (χ1v) is 10.7. The highest BCUT2D eigenvalue weighted by atomic mass is 16.5. The van der Waals surface area contributed by atoms with Crippen molar-refractivity contribution < 1.29 is 24.4 Å². The maximum Gasteiger partial charge on any atom is 0.163 e. The Morgan fingerprint density at radius 1 is 0.933 bits per heavy atom. The van der Waals surface area contributed by atoms with Crippen molar-refractivity contribution >= 4 is 10.8 Å². The Morgan fingerprint density at radius 2 is 1.70 bits per heavy atom. The van der Waals surface area contributed by atoms with Crippen molar-refractivity contribution in [1.82, 2.24) is 0 Å². The molecule has 3 aromatic carbocycles. The molecular formula is C25H32N2O3+2. The van der Waals surface area contributed by atoms with Gasteiger partial charge in [-0.2, -0.15) is 0 Å². The van der Waals surface area contributed by atoms with Crippen LogP contribution in [-0.2, 0) is 11.3 Å². The molecule has 158 valence electrons. The van der Waals surface area contributed by atoms with Crippen LogP contribution < -0.4 is 19.7 Å². The Kier molecular flexibility index (Phi) is 6.84. The van der Waals surface area contributed by atoms with E-state index in [1.807, 2.05) is 0 Å². The maximum absolute atomic E-state index is 5.68. The van der Waals surface area contributed by atoms with E-state index in [1.165, 1.54) is 21.9 Å². The predicted octanol–water partition coefficient (Wildman–Crippen LogP) is 1.58. The third-order valence-corrected chi connectivity index (χ3v) is 6.11. The van der Waals surface area contributed by atoms with Gasteiger partial charge >= 0.3 is 0 Å². The number of benzene rings is 3. The zero-order valence-electron chi connectivity index (χ0n) is 17.9. The molecule has 1 heterocycles. The van der Waals surface area contributed by atoms with Crippen LogP contribution in [0.15, 0.2) is 60.7 Å². The molecule has 1 fully saturated rings. The number of hydrogen-bond donors (Lipinski definition) is 2. The fourth-order valence-corrected chi connectivity index (χ4v) is 4.47. The zero-order valence-corrected chi connectivity index (χ0v) is 17.9. The fourth-order valence-electron chi connectivity index (χ4n) is 4.47. The molecule has 1 atom stereocenters. The van der Waals surface area contributed by atoms with Crippen molar-refractivity contribution in [2.45, 2.75) is 12.6 Å². The van der Waals surface area contributed by atoms with Gasteiger partial charge in [-0.25, -0.2) is 0 Å². The number of hydrogen-bond acceptors (Lipinski definition) is 3. The zero-order chi connectivity index (χ0) is 20.8. The van der Waals surface area contributed by atoms with Crippen LogP contribution in [0.4, 0.5) is 0 Å². The molecular weight excluding hydrogens is 376 g/mol. The van der Waals surface area contributed by atoms with Crippen LogP contribution in [0, 0.1) is 0 Å². The topological polar surface area (TPSA) is 48.7 Å². The normalized spacial score (nSPS) is 15.8. The van der Waals surface area contributed by atoms with Gasteiger partial charge in [0.05, 0.1) is 33.0 Å². The summed E-state index contributed by atoms with van der Waals surface area (Å²) in [4.78, 5) is 1.59. The quantitative estimate of drug-likeness (QED) is 0.595. The molecule has 5 nitrogen and oxygen atoms in total. The van der Waals surface area contributed by atoms with Gasteiger partial charge in [0, 0.05) is 5.56 Å². The first kappa shape index (κ1) is 20.7. The monoisotopic (exact) mass is 408 g/mol. The molecule has 1 aliphatic rings.